The van der Waals surface area contributed by atoms with E-state index in [0.29, 0.717) is 41.6 Å². The van der Waals surface area contributed by atoms with E-state index in [1.165, 1.54) is 6.92 Å². The molecule has 1 spiro atoms. The Morgan fingerprint density at radius 1 is 0.909 bits per heavy atom. The molecule has 226 valence electrons. The Morgan fingerprint density at radius 3 is 2.36 bits per heavy atom. The monoisotopic (exact) mass is 595 g/mol. The Balaban J connectivity index is 1.26. The highest BCUT2D eigenvalue weighted by Crippen LogP contribution is 2.64. The van der Waals surface area contributed by atoms with Crippen LogP contribution >= 0.6 is 0 Å². The molecule has 0 aromatic heterocycles. The average Bonchev–Trinajstić information content (AvgIpc) is 3.37. The molecule has 2 heterocycles. The molecule has 44 heavy (non-hydrogen) atoms. The van der Waals surface area contributed by atoms with Crippen LogP contribution in [0.5, 0.6) is 23.0 Å². The molecule has 1 saturated heterocycles. The van der Waals surface area contributed by atoms with Gasteiger partial charge in [-0.2, -0.15) is 0 Å². The largest absolute Gasteiger partial charge is 0.493 e. The van der Waals surface area contributed by atoms with Gasteiger partial charge < -0.3 is 28.6 Å². The van der Waals surface area contributed by atoms with Gasteiger partial charge in [-0.05, 0) is 87.7 Å². The van der Waals surface area contributed by atoms with Crippen molar-refractivity contribution in [1.29, 1.82) is 0 Å². The van der Waals surface area contributed by atoms with Gasteiger partial charge in [0.2, 0.25) is 0 Å². The first-order valence-corrected chi connectivity index (χ1v) is 15.0. The number of allylic oxidation sites excluding steroid dienone is 1. The molecule has 9 nitrogen and oxygen atoms in total. The zero-order valence-electron chi connectivity index (χ0n) is 24.8. The third-order valence-corrected chi connectivity index (χ3v) is 9.39. The summed E-state index contributed by atoms with van der Waals surface area (Å²) in [5, 5.41) is 0. The summed E-state index contributed by atoms with van der Waals surface area (Å²) in [7, 11) is 2.16. The van der Waals surface area contributed by atoms with Crippen LogP contribution in [-0.2, 0) is 21.4 Å². The average molecular weight is 596 g/mol. The van der Waals surface area contributed by atoms with E-state index in [9.17, 15) is 14.4 Å². The second-order valence-electron chi connectivity index (χ2n) is 11.7. The van der Waals surface area contributed by atoms with Crippen LogP contribution in [0.25, 0.3) is 0 Å². The maximum Gasteiger partial charge on any atom is 0.347 e. The third kappa shape index (κ3) is 4.37. The van der Waals surface area contributed by atoms with Crippen molar-refractivity contribution in [3.63, 3.8) is 0 Å². The molecule has 3 aromatic carbocycles. The Morgan fingerprint density at radius 2 is 1.61 bits per heavy atom. The van der Waals surface area contributed by atoms with Gasteiger partial charge in [-0.15, -0.1) is 0 Å². The lowest BCUT2D eigenvalue weighted by Gasteiger charge is -2.56. The molecule has 1 fully saturated rings. The molecule has 4 atom stereocenters. The Bertz CT molecular complexity index is 1710. The molecule has 4 unspecified atom stereocenters. The molecule has 3 aromatic rings. The molecule has 0 N–H and O–H groups in total. The van der Waals surface area contributed by atoms with Gasteiger partial charge in [0.1, 0.15) is 28.4 Å². The van der Waals surface area contributed by atoms with Gasteiger partial charge in [-0.1, -0.05) is 30.3 Å². The second kappa shape index (κ2) is 10.8. The van der Waals surface area contributed by atoms with E-state index in [4.69, 9.17) is 23.7 Å². The predicted octanol–water partition coefficient (Wildman–Crippen LogP) is 5.25. The van der Waals surface area contributed by atoms with Gasteiger partial charge in [-0.25, -0.2) is 9.59 Å². The summed E-state index contributed by atoms with van der Waals surface area (Å²) in [6.45, 7) is 4.41. The quantitative estimate of drug-likeness (QED) is 0.268. The lowest BCUT2D eigenvalue weighted by molar-refractivity contribution is -0.131. The molecule has 4 aliphatic rings. The molecule has 9 heteroatoms. The SMILES string of the molecule is CCOc1ccccc1C(=O)Oc1ccc2c3c1OC1C(OC(=O)c4ccccc4OC(C)=O)=CCC4C(C2)N(C)CCC314. The van der Waals surface area contributed by atoms with Crippen molar-refractivity contribution in [2.75, 3.05) is 20.2 Å². The van der Waals surface area contributed by atoms with Gasteiger partial charge in [0.15, 0.2) is 17.6 Å². The van der Waals surface area contributed by atoms with Crippen LogP contribution in [0.1, 0.15) is 58.5 Å². The van der Waals surface area contributed by atoms with Crippen LogP contribution in [0.15, 0.2) is 72.5 Å². The maximum atomic E-state index is 13.5. The number of benzene rings is 3. The number of ether oxygens (including phenoxy) is 5. The van der Waals surface area contributed by atoms with Crippen molar-refractivity contribution in [3.8, 4) is 23.0 Å². The zero-order chi connectivity index (χ0) is 30.6. The number of likely N-dealkylation sites (tertiary alicyclic amines) is 1. The normalized spacial score (nSPS) is 24.3. The molecular formula is C35H33NO8. The Hall–Kier alpha value is -4.63. The maximum absolute atomic E-state index is 13.5. The molecule has 0 radical (unpaired) electrons. The van der Waals surface area contributed by atoms with Crippen LogP contribution in [0.2, 0.25) is 0 Å². The number of rotatable bonds is 7. The van der Waals surface area contributed by atoms with Crippen LogP contribution in [0.4, 0.5) is 0 Å². The predicted molar refractivity (Wildman–Crippen MR) is 159 cm³/mol. The smallest absolute Gasteiger partial charge is 0.347 e. The van der Waals surface area contributed by atoms with E-state index in [1.54, 1.807) is 48.5 Å². The van der Waals surface area contributed by atoms with Gasteiger partial charge in [0.25, 0.3) is 0 Å². The number of nitrogens with zero attached hydrogens (tertiary/aromatic N) is 1. The number of piperidine rings is 1. The van der Waals surface area contributed by atoms with Crippen LogP contribution in [-0.4, -0.2) is 55.2 Å². The van der Waals surface area contributed by atoms with E-state index < -0.39 is 29.4 Å². The van der Waals surface area contributed by atoms with E-state index >= 15 is 0 Å². The number of likely N-dealkylation sites (N-methyl/N-ethyl adjacent to an activating group) is 1. The standard InChI is InChI=1S/C35H33NO8/c1-4-40-26-11-7-5-9-22(26)33(38)42-28-15-13-21-19-25-24-14-16-29(32-35(24,17-18-36(25)3)30(21)31(28)44-32)43-34(39)23-10-6-8-12-27(23)41-20(2)37/h5-13,15-16,24-25,32H,4,14,17-19H2,1-3H3. The minimum atomic E-state index is -0.637. The van der Waals surface area contributed by atoms with Crippen LogP contribution < -0.4 is 18.9 Å². The first-order chi connectivity index (χ1) is 21.3. The first-order valence-electron chi connectivity index (χ1n) is 15.0. The van der Waals surface area contributed by atoms with Gasteiger partial charge in [0, 0.05) is 23.9 Å². The number of carbonyl (C=O) groups excluding carboxylic acids is 3. The van der Waals surface area contributed by atoms with Crippen LogP contribution in [0.3, 0.4) is 0 Å². The highest BCUT2D eigenvalue weighted by Gasteiger charge is 2.65. The molecule has 7 rings (SSSR count). The van der Waals surface area contributed by atoms with Crippen molar-refractivity contribution in [2.45, 2.75) is 50.7 Å². The summed E-state index contributed by atoms with van der Waals surface area (Å²) >= 11 is 0. The molecule has 0 amide bonds. The van der Waals surface area contributed by atoms with Crippen molar-refractivity contribution in [2.24, 2.45) is 5.92 Å². The molecular weight excluding hydrogens is 562 g/mol. The minimum absolute atomic E-state index is 0.133. The Kier molecular flexibility index (Phi) is 6.93. The highest BCUT2D eigenvalue weighted by atomic mass is 16.6. The molecule has 2 bridgehead atoms. The fourth-order valence-electron chi connectivity index (χ4n) is 7.60. The van der Waals surface area contributed by atoms with Crippen molar-refractivity contribution < 1.29 is 38.1 Å². The van der Waals surface area contributed by atoms with E-state index in [1.807, 2.05) is 25.1 Å². The summed E-state index contributed by atoms with van der Waals surface area (Å²) < 4.78 is 29.8. The number of carbonyl (C=O) groups is 3. The fourth-order valence-corrected chi connectivity index (χ4v) is 7.60. The number of esters is 3. The first kappa shape index (κ1) is 28.2. The zero-order valence-corrected chi connectivity index (χ0v) is 24.8. The van der Waals surface area contributed by atoms with Crippen molar-refractivity contribution >= 4 is 17.9 Å². The molecule has 2 aliphatic carbocycles. The number of hydrogen-bond donors (Lipinski definition) is 0. The topological polar surface area (TPSA) is 101 Å². The van der Waals surface area contributed by atoms with Gasteiger partial charge in [0.05, 0.1) is 6.61 Å². The molecule has 2 aliphatic heterocycles. The highest BCUT2D eigenvalue weighted by molar-refractivity contribution is 5.95. The summed E-state index contributed by atoms with van der Waals surface area (Å²) in [5.74, 6) is 0.354. The number of hydrogen-bond acceptors (Lipinski definition) is 9. The summed E-state index contributed by atoms with van der Waals surface area (Å²) in [4.78, 5) is 41.0. The number of para-hydroxylation sites is 2. The minimum Gasteiger partial charge on any atom is -0.493 e. The van der Waals surface area contributed by atoms with E-state index in [2.05, 4.69) is 11.9 Å². The lowest BCUT2D eigenvalue weighted by atomic mass is 9.53. The summed E-state index contributed by atoms with van der Waals surface area (Å²) in [5.41, 5.74) is 2.21. The summed E-state index contributed by atoms with van der Waals surface area (Å²) in [6, 6.07) is 17.6. The molecule has 0 saturated carbocycles. The second-order valence-corrected chi connectivity index (χ2v) is 11.7. The summed E-state index contributed by atoms with van der Waals surface area (Å²) in [6.07, 6.45) is 3.70. The Labute approximate surface area is 255 Å². The lowest BCUT2D eigenvalue weighted by Crippen LogP contribution is -2.63. The van der Waals surface area contributed by atoms with Crippen molar-refractivity contribution in [3.05, 3.63) is 94.8 Å². The van der Waals surface area contributed by atoms with Gasteiger partial charge in [-0.3, -0.25) is 4.79 Å². The van der Waals surface area contributed by atoms with Gasteiger partial charge >= 0.3 is 17.9 Å². The third-order valence-electron chi connectivity index (χ3n) is 9.39. The van der Waals surface area contributed by atoms with E-state index in [0.717, 1.165) is 30.5 Å². The van der Waals surface area contributed by atoms with Crippen LogP contribution in [0, 0.1) is 5.92 Å². The van der Waals surface area contributed by atoms with E-state index in [-0.39, 0.29) is 23.3 Å². The fraction of sp³-hybridized carbons (Fsp3) is 0.343. The van der Waals surface area contributed by atoms with Crippen molar-refractivity contribution in [1.82, 2.24) is 4.90 Å².